The van der Waals surface area contributed by atoms with E-state index in [-0.39, 0.29) is 12.8 Å². The molecule has 1 aliphatic carbocycles. The minimum atomic E-state index is -2.37. The Morgan fingerprint density at radius 3 is 2.33 bits per heavy atom. The molecule has 1 saturated heterocycles. The van der Waals surface area contributed by atoms with Crippen LogP contribution in [0.3, 0.4) is 0 Å². The van der Waals surface area contributed by atoms with Crippen LogP contribution in [0.5, 0.6) is 0 Å². The largest absolute Gasteiger partial charge is 0.373 e. The number of hydrogen-bond acceptors (Lipinski definition) is 1. The van der Waals surface area contributed by atoms with Gasteiger partial charge in [0, 0.05) is 12.8 Å². The molecule has 3 heteroatoms. The van der Waals surface area contributed by atoms with E-state index in [1.807, 2.05) is 0 Å². The molecule has 0 amide bonds. The SMILES string of the molecule is FC1(F)CCC(CC2CO2)CC1. The summed E-state index contributed by atoms with van der Waals surface area (Å²) in [6.45, 7) is 0.854. The fraction of sp³-hybridized carbons (Fsp3) is 1.00. The lowest BCUT2D eigenvalue weighted by Crippen LogP contribution is -2.25. The first-order chi connectivity index (χ1) is 5.66. The Morgan fingerprint density at radius 2 is 1.83 bits per heavy atom. The van der Waals surface area contributed by atoms with Crippen molar-refractivity contribution in [3.05, 3.63) is 0 Å². The Balaban J connectivity index is 1.73. The van der Waals surface area contributed by atoms with E-state index < -0.39 is 5.92 Å². The van der Waals surface area contributed by atoms with Crippen LogP contribution in [-0.4, -0.2) is 18.6 Å². The monoisotopic (exact) mass is 176 g/mol. The molecule has 2 fully saturated rings. The normalized spacial score (nSPS) is 35.0. The molecule has 2 rings (SSSR count). The second-order valence-corrected chi connectivity index (χ2v) is 3.99. The molecule has 0 radical (unpaired) electrons. The molecule has 2 aliphatic rings. The zero-order valence-corrected chi connectivity index (χ0v) is 7.06. The summed E-state index contributed by atoms with van der Waals surface area (Å²) in [5, 5.41) is 0. The topological polar surface area (TPSA) is 12.5 Å². The molecule has 1 heterocycles. The maximum Gasteiger partial charge on any atom is 0.248 e. The highest BCUT2D eigenvalue weighted by Crippen LogP contribution is 2.39. The van der Waals surface area contributed by atoms with Gasteiger partial charge in [0.05, 0.1) is 12.7 Å². The summed E-state index contributed by atoms with van der Waals surface area (Å²) in [5.41, 5.74) is 0. The number of hydrogen-bond donors (Lipinski definition) is 0. The quantitative estimate of drug-likeness (QED) is 0.589. The average molecular weight is 176 g/mol. The molecule has 0 aromatic carbocycles. The van der Waals surface area contributed by atoms with Crippen LogP contribution < -0.4 is 0 Å². The van der Waals surface area contributed by atoms with E-state index in [1.54, 1.807) is 0 Å². The summed E-state index contributed by atoms with van der Waals surface area (Å²) in [6, 6.07) is 0. The van der Waals surface area contributed by atoms with Crippen molar-refractivity contribution in [2.75, 3.05) is 6.61 Å². The highest BCUT2D eigenvalue weighted by Gasteiger charge is 2.37. The van der Waals surface area contributed by atoms with Crippen LogP contribution in [0.2, 0.25) is 0 Å². The van der Waals surface area contributed by atoms with Gasteiger partial charge in [0.25, 0.3) is 0 Å². The number of alkyl halides is 2. The van der Waals surface area contributed by atoms with Gasteiger partial charge in [-0.1, -0.05) is 0 Å². The first-order valence-corrected chi connectivity index (χ1v) is 4.65. The zero-order valence-electron chi connectivity index (χ0n) is 7.06. The van der Waals surface area contributed by atoms with E-state index in [0.717, 1.165) is 13.0 Å². The van der Waals surface area contributed by atoms with Crippen LogP contribution in [0, 0.1) is 5.92 Å². The van der Waals surface area contributed by atoms with Crippen molar-refractivity contribution in [2.45, 2.75) is 44.1 Å². The summed E-state index contributed by atoms with van der Waals surface area (Å²) in [5.74, 6) is -1.88. The molecule has 70 valence electrons. The van der Waals surface area contributed by atoms with E-state index in [9.17, 15) is 8.78 Å². The Kier molecular flexibility index (Phi) is 2.07. The van der Waals surface area contributed by atoms with Gasteiger partial charge in [0.15, 0.2) is 0 Å². The first-order valence-electron chi connectivity index (χ1n) is 4.65. The molecule has 1 unspecified atom stereocenters. The van der Waals surface area contributed by atoms with Crippen LogP contribution >= 0.6 is 0 Å². The smallest absolute Gasteiger partial charge is 0.248 e. The number of epoxide rings is 1. The van der Waals surface area contributed by atoms with Crippen molar-refractivity contribution in [1.82, 2.24) is 0 Å². The summed E-state index contributed by atoms with van der Waals surface area (Å²) in [6.07, 6.45) is 2.96. The Morgan fingerprint density at radius 1 is 1.25 bits per heavy atom. The molecule has 0 bridgehead atoms. The predicted octanol–water partition coefficient (Wildman–Crippen LogP) is 2.60. The third-order valence-corrected chi connectivity index (χ3v) is 2.84. The Labute approximate surface area is 71.1 Å². The van der Waals surface area contributed by atoms with Gasteiger partial charge in [0.2, 0.25) is 5.92 Å². The molecule has 1 atom stereocenters. The standard InChI is InChI=1S/C9H14F2O/c10-9(11)3-1-7(2-4-9)5-8-6-12-8/h7-8H,1-6H2. The Hall–Kier alpha value is -0.180. The number of halogens is 2. The van der Waals surface area contributed by atoms with Crippen molar-refractivity contribution in [2.24, 2.45) is 5.92 Å². The lowest BCUT2D eigenvalue weighted by Gasteiger charge is -2.27. The molecule has 12 heavy (non-hydrogen) atoms. The van der Waals surface area contributed by atoms with Gasteiger partial charge in [-0.2, -0.15) is 0 Å². The third-order valence-electron chi connectivity index (χ3n) is 2.84. The molecule has 1 aliphatic heterocycles. The van der Waals surface area contributed by atoms with E-state index in [0.29, 0.717) is 24.9 Å². The first kappa shape index (κ1) is 8.42. The molecule has 0 aromatic heterocycles. The fourth-order valence-electron chi connectivity index (χ4n) is 1.91. The van der Waals surface area contributed by atoms with E-state index >= 15 is 0 Å². The third kappa shape index (κ3) is 2.16. The molecule has 0 aromatic rings. The van der Waals surface area contributed by atoms with E-state index in [4.69, 9.17) is 4.74 Å². The molecular formula is C9H14F2O. The average Bonchev–Trinajstić information content (AvgIpc) is 2.77. The van der Waals surface area contributed by atoms with Gasteiger partial charge >= 0.3 is 0 Å². The van der Waals surface area contributed by atoms with Crippen molar-refractivity contribution >= 4 is 0 Å². The van der Waals surface area contributed by atoms with Gasteiger partial charge in [-0.15, -0.1) is 0 Å². The van der Waals surface area contributed by atoms with Crippen LogP contribution in [0.1, 0.15) is 32.1 Å². The second kappa shape index (κ2) is 2.95. The van der Waals surface area contributed by atoms with Gasteiger partial charge < -0.3 is 4.74 Å². The van der Waals surface area contributed by atoms with Crippen LogP contribution in [0.25, 0.3) is 0 Å². The number of rotatable bonds is 2. The van der Waals surface area contributed by atoms with Crippen molar-refractivity contribution in [3.8, 4) is 0 Å². The maximum atomic E-state index is 12.7. The van der Waals surface area contributed by atoms with Crippen molar-refractivity contribution < 1.29 is 13.5 Å². The van der Waals surface area contributed by atoms with Gasteiger partial charge in [-0.3, -0.25) is 0 Å². The Bertz CT molecular complexity index is 156. The highest BCUT2D eigenvalue weighted by atomic mass is 19.3. The fourth-order valence-corrected chi connectivity index (χ4v) is 1.91. The molecule has 1 saturated carbocycles. The van der Waals surface area contributed by atoms with Crippen LogP contribution in [0.4, 0.5) is 8.78 Å². The van der Waals surface area contributed by atoms with Gasteiger partial charge in [-0.05, 0) is 25.2 Å². The van der Waals surface area contributed by atoms with E-state index in [1.165, 1.54) is 0 Å². The highest BCUT2D eigenvalue weighted by molar-refractivity contribution is 4.81. The summed E-state index contributed by atoms with van der Waals surface area (Å²) >= 11 is 0. The predicted molar refractivity (Wildman–Crippen MR) is 41.3 cm³/mol. The van der Waals surface area contributed by atoms with Crippen LogP contribution in [-0.2, 0) is 4.74 Å². The minimum absolute atomic E-state index is 0.0877. The van der Waals surface area contributed by atoms with Crippen LogP contribution in [0.15, 0.2) is 0 Å². The number of ether oxygens (including phenoxy) is 1. The lowest BCUT2D eigenvalue weighted by atomic mass is 9.84. The summed E-state index contributed by atoms with van der Waals surface area (Å²) < 4.78 is 30.5. The minimum Gasteiger partial charge on any atom is -0.373 e. The summed E-state index contributed by atoms with van der Waals surface area (Å²) in [4.78, 5) is 0. The molecule has 0 spiro atoms. The van der Waals surface area contributed by atoms with Gasteiger partial charge in [0.1, 0.15) is 0 Å². The molecular weight excluding hydrogens is 162 g/mol. The molecule has 1 nitrogen and oxygen atoms in total. The molecule has 0 N–H and O–H groups in total. The zero-order chi connectivity index (χ0) is 8.60. The second-order valence-electron chi connectivity index (χ2n) is 3.99. The maximum absolute atomic E-state index is 12.7. The van der Waals surface area contributed by atoms with Crippen molar-refractivity contribution in [1.29, 1.82) is 0 Å². The van der Waals surface area contributed by atoms with Crippen molar-refractivity contribution in [3.63, 3.8) is 0 Å². The van der Waals surface area contributed by atoms with E-state index in [2.05, 4.69) is 0 Å². The lowest BCUT2D eigenvalue weighted by molar-refractivity contribution is -0.0471. The summed E-state index contributed by atoms with van der Waals surface area (Å²) in [7, 11) is 0. The van der Waals surface area contributed by atoms with Gasteiger partial charge in [-0.25, -0.2) is 8.78 Å².